The molecule has 98 valence electrons. The van der Waals surface area contributed by atoms with Gasteiger partial charge in [0.05, 0.1) is 12.2 Å². The molecule has 1 heterocycles. The maximum Gasteiger partial charge on any atom is 0.157 e. The lowest BCUT2D eigenvalue weighted by Crippen LogP contribution is -2.23. The van der Waals surface area contributed by atoms with E-state index in [1.807, 2.05) is 31.4 Å². The lowest BCUT2D eigenvalue weighted by Gasteiger charge is -2.08. The molecule has 1 aliphatic carbocycles. The number of benzene rings is 1. The fourth-order valence-electron chi connectivity index (χ4n) is 2.57. The van der Waals surface area contributed by atoms with E-state index in [1.54, 1.807) is 10.9 Å². The van der Waals surface area contributed by atoms with E-state index in [9.17, 15) is 4.79 Å². The van der Waals surface area contributed by atoms with E-state index in [0.717, 1.165) is 12.0 Å². The predicted molar refractivity (Wildman–Crippen MR) is 72.4 cm³/mol. The van der Waals surface area contributed by atoms with E-state index in [0.29, 0.717) is 5.92 Å². The molecule has 0 saturated heterocycles. The van der Waals surface area contributed by atoms with Gasteiger partial charge in [-0.3, -0.25) is 9.48 Å². The molecule has 2 aromatic rings. The molecule has 1 saturated carbocycles. The fraction of sp³-hybridized carbons (Fsp3) is 0.333. The second-order valence-electron chi connectivity index (χ2n) is 5.19. The number of rotatable bonds is 4. The number of hydrogen-bond acceptors (Lipinski definition) is 3. The minimum Gasteiger partial charge on any atom is -0.318 e. The van der Waals surface area contributed by atoms with Crippen LogP contribution in [0.4, 0.5) is 0 Å². The lowest BCUT2D eigenvalue weighted by molar-refractivity contribution is -0.121. The average molecular weight is 255 g/mol. The molecule has 3 rings (SSSR count). The van der Waals surface area contributed by atoms with Gasteiger partial charge >= 0.3 is 0 Å². The molecule has 0 bridgehead atoms. The third-order valence-corrected chi connectivity index (χ3v) is 3.77. The van der Waals surface area contributed by atoms with Crippen molar-refractivity contribution in [1.82, 2.24) is 9.78 Å². The smallest absolute Gasteiger partial charge is 0.157 e. The summed E-state index contributed by atoms with van der Waals surface area (Å²) in [6.07, 6.45) is 4.39. The number of hydrogen-bond donors (Lipinski definition) is 1. The first-order valence-corrected chi connectivity index (χ1v) is 6.49. The van der Waals surface area contributed by atoms with E-state index in [1.165, 1.54) is 5.56 Å². The van der Waals surface area contributed by atoms with Gasteiger partial charge in [-0.05, 0) is 17.9 Å². The summed E-state index contributed by atoms with van der Waals surface area (Å²) in [6, 6.07) is 9.62. The maximum absolute atomic E-state index is 12.3. The zero-order valence-corrected chi connectivity index (χ0v) is 10.9. The zero-order chi connectivity index (χ0) is 13.4. The molecule has 0 aliphatic heterocycles. The number of ketones is 1. The molecule has 4 heteroatoms. The van der Waals surface area contributed by atoms with Gasteiger partial charge < -0.3 is 5.73 Å². The Balaban J connectivity index is 1.70. The van der Waals surface area contributed by atoms with Gasteiger partial charge in [-0.25, -0.2) is 0 Å². The molecule has 3 unspecified atom stereocenters. The number of carbonyl (C=O) groups excluding carboxylic acids is 1. The standard InChI is InChI=1S/C15H17N3O/c1-18-9-11(8-17-18)14(16)15(19)13-7-12(13)10-5-3-2-4-6-10/h2-6,8-9,12-14H,7,16H2,1H3. The number of nitrogens with zero attached hydrogens (tertiary/aromatic N) is 2. The van der Waals surface area contributed by atoms with Gasteiger partial charge in [0.1, 0.15) is 0 Å². The van der Waals surface area contributed by atoms with E-state index in [2.05, 4.69) is 17.2 Å². The van der Waals surface area contributed by atoms with Gasteiger partial charge in [0.2, 0.25) is 0 Å². The van der Waals surface area contributed by atoms with Crippen molar-refractivity contribution in [1.29, 1.82) is 0 Å². The van der Waals surface area contributed by atoms with Crippen molar-refractivity contribution in [3.8, 4) is 0 Å². The molecule has 0 radical (unpaired) electrons. The van der Waals surface area contributed by atoms with Crippen LogP contribution >= 0.6 is 0 Å². The van der Waals surface area contributed by atoms with Crippen molar-refractivity contribution >= 4 is 5.78 Å². The molecule has 19 heavy (non-hydrogen) atoms. The second-order valence-corrected chi connectivity index (χ2v) is 5.19. The third kappa shape index (κ3) is 2.31. The molecule has 3 atom stereocenters. The number of aryl methyl sites for hydroxylation is 1. The normalized spacial score (nSPS) is 23.1. The van der Waals surface area contributed by atoms with Crippen molar-refractivity contribution in [2.45, 2.75) is 18.4 Å². The summed E-state index contributed by atoms with van der Waals surface area (Å²) in [6.45, 7) is 0. The Kier molecular flexibility index (Phi) is 2.95. The summed E-state index contributed by atoms with van der Waals surface area (Å²) in [5, 5.41) is 4.06. The first-order valence-electron chi connectivity index (χ1n) is 6.49. The Morgan fingerprint density at radius 3 is 2.79 bits per heavy atom. The lowest BCUT2D eigenvalue weighted by atomic mass is 10.0. The Bertz CT molecular complexity index is 590. The number of aromatic nitrogens is 2. The molecule has 1 aromatic carbocycles. The Morgan fingerprint density at radius 2 is 2.16 bits per heavy atom. The number of carbonyl (C=O) groups is 1. The van der Waals surface area contributed by atoms with Gasteiger partial charge in [-0.15, -0.1) is 0 Å². The summed E-state index contributed by atoms with van der Waals surface area (Å²) < 4.78 is 1.67. The Morgan fingerprint density at radius 1 is 1.42 bits per heavy atom. The van der Waals surface area contributed by atoms with Crippen molar-refractivity contribution < 1.29 is 4.79 Å². The Labute approximate surface area is 112 Å². The highest BCUT2D eigenvalue weighted by molar-refractivity contribution is 5.90. The van der Waals surface area contributed by atoms with Crippen LogP contribution in [0.2, 0.25) is 0 Å². The highest BCUT2D eigenvalue weighted by atomic mass is 16.1. The molecule has 1 aromatic heterocycles. The first-order chi connectivity index (χ1) is 9.16. The van der Waals surface area contributed by atoms with Crippen LogP contribution in [-0.2, 0) is 11.8 Å². The second kappa shape index (κ2) is 4.63. The number of Topliss-reactive ketones (excluding diaryl/α,β-unsaturated/α-hetero) is 1. The van der Waals surface area contributed by atoms with Crippen LogP contribution in [0.1, 0.15) is 29.5 Å². The van der Waals surface area contributed by atoms with Gasteiger partial charge in [-0.2, -0.15) is 5.10 Å². The van der Waals surface area contributed by atoms with Crippen LogP contribution in [0.5, 0.6) is 0 Å². The van der Waals surface area contributed by atoms with E-state index < -0.39 is 6.04 Å². The summed E-state index contributed by atoms with van der Waals surface area (Å²) in [4.78, 5) is 12.3. The monoisotopic (exact) mass is 255 g/mol. The number of nitrogens with two attached hydrogens (primary N) is 1. The first kappa shape index (κ1) is 12.1. The zero-order valence-electron chi connectivity index (χ0n) is 10.9. The Hall–Kier alpha value is -1.94. The molecule has 4 nitrogen and oxygen atoms in total. The summed E-state index contributed by atoms with van der Waals surface area (Å²) >= 11 is 0. The van der Waals surface area contributed by atoms with E-state index in [-0.39, 0.29) is 11.7 Å². The molecule has 0 amide bonds. The van der Waals surface area contributed by atoms with Crippen LogP contribution in [0.15, 0.2) is 42.7 Å². The minimum atomic E-state index is -0.549. The summed E-state index contributed by atoms with van der Waals surface area (Å²) in [5.74, 6) is 0.538. The van der Waals surface area contributed by atoms with Gasteiger partial charge in [-0.1, -0.05) is 30.3 Å². The van der Waals surface area contributed by atoms with Crippen molar-refractivity contribution in [2.24, 2.45) is 18.7 Å². The van der Waals surface area contributed by atoms with Gasteiger partial charge in [0.15, 0.2) is 5.78 Å². The van der Waals surface area contributed by atoms with E-state index >= 15 is 0 Å². The quantitative estimate of drug-likeness (QED) is 0.906. The van der Waals surface area contributed by atoms with Crippen LogP contribution < -0.4 is 5.73 Å². The fourth-order valence-corrected chi connectivity index (χ4v) is 2.57. The van der Waals surface area contributed by atoms with Gasteiger partial charge in [0, 0.05) is 24.7 Å². The molecule has 0 spiro atoms. The van der Waals surface area contributed by atoms with Crippen LogP contribution in [0.25, 0.3) is 0 Å². The van der Waals surface area contributed by atoms with Crippen molar-refractivity contribution in [3.05, 3.63) is 53.9 Å². The van der Waals surface area contributed by atoms with Crippen LogP contribution in [0.3, 0.4) is 0 Å². The topological polar surface area (TPSA) is 60.9 Å². The summed E-state index contributed by atoms with van der Waals surface area (Å²) in [5.41, 5.74) is 8.06. The maximum atomic E-state index is 12.3. The molecular weight excluding hydrogens is 238 g/mol. The molecule has 2 N–H and O–H groups in total. The highest BCUT2D eigenvalue weighted by Crippen LogP contribution is 2.49. The highest BCUT2D eigenvalue weighted by Gasteiger charge is 2.45. The largest absolute Gasteiger partial charge is 0.318 e. The van der Waals surface area contributed by atoms with Crippen molar-refractivity contribution in [3.63, 3.8) is 0 Å². The van der Waals surface area contributed by atoms with Crippen LogP contribution in [0, 0.1) is 5.92 Å². The summed E-state index contributed by atoms with van der Waals surface area (Å²) in [7, 11) is 1.82. The molecule has 1 aliphatic rings. The SMILES string of the molecule is Cn1cc(C(N)C(=O)C2CC2c2ccccc2)cn1. The average Bonchev–Trinajstić information content (AvgIpc) is 3.13. The van der Waals surface area contributed by atoms with Crippen LogP contribution in [-0.4, -0.2) is 15.6 Å². The van der Waals surface area contributed by atoms with E-state index in [4.69, 9.17) is 5.73 Å². The van der Waals surface area contributed by atoms with Gasteiger partial charge in [0.25, 0.3) is 0 Å². The predicted octanol–water partition coefficient (Wildman–Crippen LogP) is 1.79. The van der Waals surface area contributed by atoms with Crippen molar-refractivity contribution in [2.75, 3.05) is 0 Å². The third-order valence-electron chi connectivity index (χ3n) is 3.77. The minimum absolute atomic E-state index is 0.0672. The molecular formula is C15H17N3O. The molecule has 1 fully saturated rings.